The Morgan fingerprint density at radius 2 is 1.94 bits per heavy atom. The van der Waals surface area contributed by atoms with Gasteiger partial charge in [-0.05, 0) is 31.9 Å². The first-order chi connectivity index (χ1) is 8.43. The minimum atomic E-state index is -0.426. The molecule has 0 aliphatic heterocycles. The van der Waals surface area contributed by atoms with Gasteiger partial charge in [-0.1, -0.05) is 6.07 Å². The maximum absolute atomic E-state index is 9.20. The largest absolute Gasteiger partial charge is 0.497 e. The zero-order valence-corrected chi connectivity index (χ0v) is 11.6. The number of ether oxygens (including phenoxy) is 2. The van der Waals surface area contributed by atoms with E-state index < -0.39 is 5.54 Å². The van der Waals surface area contributed by atoms with Crippen molar-refractivity contribution in [3.63, 3.8) is 0 Å². The maximum Gasteiger partial charge on any atom is 0.126 e. The summed E-state index contributed by atoms with van der Waals surface area (Å²) in [6.07, 6.45) is 0.603. The van der Waals surface area contributed by atoms with Crippen molar-refractivity contribution < 1.29 is 14.6 Å². The predicted octanol–water partition coefficient (Wildman–Crippen LogP) is 1.91. The van der Waals surface area contributed by atoms with Crippen molar-refractivity contribution in [1.29, 1.82) is 0 Å². The van der Waals surface area contributed by atoms with Crippen molar-refractivity contribution in [3.05, 3.63) is 23.8 Å². The lowest BCUT2D eigenvalue weighted by Crippen LogP contribution is -2.39. The molecule has 3 N–H and O–H groups in total. The van der Waals surface area contributed by atoms with E-state index in [0.717, 1.165) is 17.1 Å². The monoisotopic (exact) mass is 253 g/mol. The maximum atomic E-state index is 9.20. The third kappa shape index (κ3) is 3.37. The van der Waals surface area contributed by atoms with Gasteiger partial charge in [0.05, 0.1) is 14.2 Å². The zero-order valence-electron chi connectivity index (χ0n) is 11.6. The molecule has 1 rings (SSSR count). The van der Waals surface area contributed by atoms with Gasteiger partial charge in [0, 0.05) is 24.1 Å². The van der Waals surface area contributed by atoms with Gasteiger partial charge in [-0.15, -0.1) is 0 Å². The Morgan fingerprint density at radius 3 is 2.39 bits per heavy atom. The second kappa shape index (κ2) is 6.07. The molecule has 0 saturated carbocycles. The van der Waals surface area contributed by atoms with Crippen LogP contribution in [-0.4, -0.2) is 31.5 Å². The molecular formula is C14H23NO3. The molecule has 18 heavy (non-hydrogen) atoms. The number of nitrogens with two attached hydrogens (primary N) is 1. The molecule has 4 heteroatoms. The summed E-state index contributed by atoms with van der Waals surface area (Å²) in [5.74, 6) is 1.52. The van der Waals surface area contributed by atoms with E-state index in [2.05, 4.69) is 0 Å². The van der Waals surface area contributed by atoms with Crippen LogP contribution in [-0.2, 0) is 0 Å². The molecule has 0 fully saturated rings. The van der Waals surface area contributed by atoms with E-state index in [-0.39, 0.29) is 12.5 Å². The predicted molar refractivity (Wildman–Crippen MR) is 72.3 cm³/mol. The number of methoxy groups -OCH3 is 2. The smallest absolute Gasteiger partial charge is 0.126 e. The van der Waals surface area contributed by atoms with Crippen LogP contribution in [0.3, 0.4) is 0 Å². The first kappa shape index (κ1) is 14.8. The second-order valence-electron chi connectivity index (χ2n) is 4.99. The highest BCUT2D eigenvalue weighted by atomic mass is 16.5. The summed E-state index contributed by atoms with van der Waals surface area (Å²) in [6.45, 7) is 4.01. The standard InChI is InChI=1S/C14H23NO3/c1-14(2,15)12(7-8-16)11-6-5-10(17-3)9-13(11)18-4/h5-6,9,12,16H,7-8,15H2,1-4H3. The lowest BCUT2D eigenvalue weighted by molar-refractivity contribution is 0.247. The number of hydrogen-bond donors (Lipinski definition) is 2. The van der Waals surface area contributed by atoms with Crippen LogP contribution in [0.4, 0.5) is 0 Å². The topological polar surface area (TPSA) is 64.7 Å². The van der Waals surface area contributed by atoms with E-state index in [1.165, 1.54) is 0 Å². The Hall–Kier alpha value is -1.26. The van der Waals surface area contributed by atoms with Gasteiger partial charge < -0.3 is 20.3 Å². The molecule has 1 aromatic carbocycles. The van der Waals surface area contributed by atoms with Gasteiger partial charge in [0.15, 0.2) is 0 Å². The van der Waals surface area contributed by atoms with E-state index in [1.807, 2.05) is 32.0 Å². The Morgan fingerprint density at radius 1 is 1.28 bits per heavy atom. The summed E-state index contributed by atoms with van der Waals surface area (Å²) in [5, 5.41) is 9.20. The van der Waals surface area contributed by atoms with E-state index >= 15 is 0 Å². The van der Waals surface area contributed by atoms with Gasteiger partial charge >= 0.3 is 0 Å². The Labute approximate surface area is 109 Å². The third-order valence-corrected chi connectivity index (χ3v) is 3.13. The van der Waals surface area contributed by atoms with E-state index in [9.17, 15) is 5.11 Å². The average molecular weight is 253 g/mol. The molecule has 1 atom stereocenters. The molecule has 1 aromatic rings. The molecule has 0 heterocycles. The highest BCUT2D eigenvalue weighted by Gasteiger charge is 2.28. The minimum absolute atomic E-state index is 0.0309. The molecule has 1 unspecified atom stereocenters. The normalized spacial score (nSPS) is 13.2. The van der Waals surface area contributed by atoms with Crippen LogP contribution in [0.2, 0.25) is 0 Å². The van der Waals surface area contributed by atoms with Crippen LogP contribution in [0, 0.1) is 0 Å². The summed E-state index contributed by atoms with van der Waals surface area (Å²) in [7, 11) is 3.24. The first-order valence-corrected chi connectivity index (χ1v) is 6.05. The third-order valence-electron chi connectivity index (χ3n) is 3.13. The van der Waals surface area contributed by atoms with Crippen molar-refractivity contribution >= 4 is 0 Å². The summed E-state index contributed by atoms with van der Waals surface area (Å²) in [4.78, 5) is 0. The minimum Gasteiger partial charge on any atom is -0.497 e. The number of aliphatic hydroxyl groups is 1. The highest BCUT2D eigenvalue weighted by Crippen LogP contribution is 2.37. The molecule has 0 saturated heterocycles. The molecule has 0 spiro atoms. The van der Waals surface area contributed by atoms with E-state index in [1.54, 1.807) is 14.2 Å². The van der Waals surface area contributed by atoms with Gasteiger partial charge in [0.25, 0.3) is 0 Å². The molecule has 0 aromatic heterocycles. The van der Waals surface area contributed by atoms with Crippen molar-refractivity contribution in [1.82, 2.24) is 0 Å². The Balaban J connectivity index is 3.19. The van der Waals surface area contributed by atoms with Gasteiger partial charge in [-0.2, -0.15) is 0 Å². The molecule has 0 aliphatic carbocycles. The summed E-state index contributed by atoms with van der Waals surface area (Å²) >= 11 is 0. The van der Waals surface area contributed by atoms with Crippen molar-refractivity contribution in [2.75, 3.05) is 20.8 Å². The van der Waals surface area contributed by atoms with Crippen LogP contribution in [0.1, 0.15) is 31.7 Å². The Kier molecular flexibility index (Phi) is 4.99. The quantitative estimate of drug-likeness (QED) is 0.812. The second-order valence-corrected chi connectivity index (χ2v) is 4.99. The van der Waals surface area contributed by atoms with Crippen LogP contribution >= 0.6 is 0 Å². The van der Waals surface area contributed by atoms with Crippen LogP contribution in [0.5, 0.6) is 11.5 Å². The van der Waals surface area contributed by atoms with Crippen LogP contribution < -0.4 is 15.2 Å². The van der Waals surface area contributed by atoms with E-state index in [0.29, 0.717) is 6.42 Å². The van der Waals surface area contributed by atoms with Gasteiger partial charge in [0.1, 0.15) is 11.5 Å². The lowest BCUT2D eigenvalue weighted by atomic mass is 9.80. The fourth-order valence-electron chi connectivity index (χ4n) is 2.16. The van der Waals surface area contributed by atoms with Crippen molar-refractivity contribution in [3.8, 4) is 11.5 Å². The first-order valence-electron chi connectivity index (χ1n) is 6.05. The van der Waals surface area contributed by atoms with Gasteiger partial charge in [-0.25, -0.2) is 0 Å². The van der Waals surface area contributed by atoms with Crippen LogP contribution in [0.25, 0.3) is 0 Å². The highest BCUT2D eigenvalue weighted by molar-refractivity contribution is 5.43. The number of rotatable bonds is 6. The zero-order chi connectivity index (χ0) is 13.8. The number of aliphatic hydroxyl groups excluding tert-OH is 1. The summed E-state index contributed by atoms with van der Waals surface area (Å²) in [5.41, 5.74) is 6.77. The van der Waals surface area contributed by atoms with Gasteiger partial charge in [-0.3, -0.25) is 0 Å². The molecule has 102 valence electrons. The molecule has 0 bridgehead atoms. The molecule has 0 amide bonds. The fraction of sp³-hybridized carbons (Fsp3) is 0.571. The Bertz CT molecular complexity index is 385. The average Bonchev–Trinajstić information content (AvgIpc) is 2.34. The SMILES string of the molecule is COc1ccc(C(CCO)C(C)(C)N)c(OC)c1. The van der Waals surface area contributed by atoms with Crippen molar-refractivity contribution in [2.24, 2.45) is 5.73 Å². The van der Waals surface area contributed by atoms with E-state index in [4.69, 9.17) is 15.2 Å². The lowest BCUT2D eigenvalue weighted by Gasteiger charge is -2.31. The summed E-state index contributed by atoms with van der Waals surface area (Å²) in [6, 6.07) is 5.67. The summed E-state index contributed by atoms with van der Waals surface area (Å²) < 4.78 is 10.6. The van der Waals surface area contributed by atoms with Crippen molar-refractivity contribution in [2.45, 2.75) is 31.7 Å². The molecule has 0 aliphatic rings. The van der Waals surface area contributed by atoms with Crippen LogP contribution in [0.15, 0.2) is 18.2 Å². The fourth-order valence-corrected chi connectivity index (χ4v) is 2.16. The molecule has 0 radical (unpaired) electrons. The molecular weight excluding hydrogens is 230 g/mol. The number of hydrogen-bond acceptors (Lipinski definition) is 4. The van der Waals surface area contributed by atoms with Gasteiger partial charge in [0.2, 0.25) is 0 Å². The molecule has 4 nitrogen and oxygen atoms in total. The number of benzene rings is 1.